The molecule has 0 heterocycles. The first kappa shape index (κ1) is 6.74. The van der Waals surface area contributed by atoms with Gasteiger partial charge in [0.25, 0.3) is 0 Å². The van der Waals surface area contributed by atoms with E-state index in [0.717, 1.165) is 6.42 Å². The minimum absolute atomic E-state index is 0.588. The van der Waals surface area contributed by atoms with Gasteiger partial charge in [0.2, 0.25) is 0 Å². The zero-order valence-electron chi connectivity index (χ0n) is 5.15. The smallest absolute Gasteiger partial charge is 0.0234 e. The fraction of sp³-hybridized carbons (Fsp3) is 0.571. The summed E-state index contributed by atoms with van der Waals surface area (Å²) < 4.78 is 0. The van der Waals surface area contributed by atoms with Crippen molar-refractivity contribution < 1.29 is 0 Å². The largest absolute Gasteiger partial charge is 0.103 e. The molecule has 0 aliphatic heterocycles. The molecule has 0 aromatic carbocycles. The van der Waals surface area contributed by atoms with Crippen LogP contribution in [0.3, 0.4) is 0 Å². The van der Waals surface area contributed by atoms with Crippen LogP contribution in [-0.2, 0) is 0 Å². The third-order valence-electron chi connectivity index (χ3n) is 0.979. The zero-order chi connectivity index (χ0) is 5.70. The Labute approximate surface area is 46.2 Å². The highest BCUT2D eigenvalue weighted by atomic mass is 13.9. The molecule has 0 amide bonds. The van der Waals surface area contributed by atoms with Gasteiger partial charge in [-0.25, -0.2) is 0 Å². The molecule has 0 aromatic rings. The Bertz CT molecular complexity index is 46.0. The number of hydrogen-bond donors (Lipinski definition) is 0. The van der Waals surface area contributed by atoms with Gasteiger partial charge in [0.05, 0.1) is 0 Å². The second-order valence-electron chi connectivity index (χ2n) is 1.74. The van der Waals surface area contributed by atoms with Crippen LogP contribution >= 0.6 is 0 Å². The Kier molecular flexibility index (Phi) is 3.77. The lowest BCUT2D eigenvalue weighted by Crippen LogP contribution is -1.85. The molecular weight excluding hydrogens is 84.1 g/mol. The molecule has 0 nitrogen and oxygen atoms in total. The van der Waals surface area contributed by atoms with E-state index in [1.807, 2.05) is 6.08 Å². The molecule has 0 rings (SSSR count). The lowest BCUT2D eigenvalue weighted by molar-refractivity contribution is 0.803. The number of allylic oxidation sites excluding steroid dienone is 1. The van der Waals surface area contributed by atoms with Crippen molar-refractivity contribution in [3.05, 3.63) is 19.1 Å². The van der Waals surface area contributed by atoms with Crippen LogP contribution in [0.15, 0.2) is 12.7 Å². The van der Waals surface area contributed by atoms with Gasteiger partial charge < -0.3 is 0 Å². The lowest BCUT2D eigenvalue weighted by atomic mass is 10.1. The molecule has 0 heteroatoms. The molecule has 0 fully saturated rings. The van der Waals surface area contributed by atoms with E-state index in [1.54, 1.807) is 0 Å². The summed E-state index contributed by atoms with van der Waals surface area (Å²) in [5.41, 5.74) is 0. The normalized spacial score (nSPS) is 13.4. The van der Waals surface area contributed by atoms with Crippen molar-refractivity contribution in [2.24, 2.45) is 5.92 Å². The summed E-state index contributed by atoms with van der Waals surface area (Å²) in [6, 6.07) is 0. The van der Waals surface area contributed by atoms with Crippen molar-refractivity contribution in [3.8, 4) is 0 Å². The molecule has 1 radical (unpaired) electrons. The van der Waals surface area contributed by atoms with E-state index >= 15 is 0 Å². The summed E-state index contributed by atoms with van der Waals surface area (Å²) in [6.45, 7) is 7.92. The van der Waals surface area contributed by atoms with Crippen LogP contribution < -0.4 is 0 Å². The first-order chi connectivity index (χ1) is 3.31. The van der Waals surface area contributed by atoms with Gasteiger partial charge >= 0.3 is 0 Å². The second-order valence-corrected chi connectivity index (χ2v) is 1.74. The third-order valence-corrected chi connectivity index (χ3v) is 0.979. The summed E-state index contributed by atoms with van der Waals surface area (Å²) in [5.74, 6) is 0.588. The summed E-state index contributed by atoms with van der Waals surface area (Å²) >= 11 is 0. The van der Waals surface area contributed by atoms with Gasteiger partial charge in [-0.1, -0.05) is 26.3 Å². The topological polar surface area (TPSA) is 0 Å². The van der Waals surface area contributed by atoms with Crippen molar-refractivity contribution in [3.63, 3.8) is 0 Å². The maximum atomic E-state index is 3.65. The fourth-order valence-electron chi connectivity index (χ4n) is 0.468. The van der Waals surface area contributed by atoms with Gasteiger partial charge in [-0.3, -0.25) is 0 Å². The van der Waals surface area contributed by atoms with Gasteiger partial charge in [-0.15, -0.1) is 6.58 Å². The number of hydrogen-bond acceptors (Lipinski definition) is 0. The minimum Gasteiger partial charge on any atom is -0.103 e. The van der Waals surface area contributed by atoms with E-state index in [9.17, 15) is 0 Å². The highest BCUT2D eigenvalue weighted by molar-refractivity contribution is 4.84. The van der Waals surface area contributed by atoms with Crippen molar-refractivity contribution in [1.29, 1.82) is 0 Å². The van der Waals surface area contributed by atoms with Gasteiger partial charge in [0.15, 0.2) is 0 Å². The Morgan fingerprint density at radius 3 is 2.43 bits per heavy atom. The maximum absolute atomic E-state index is 3.65. The highest BCUT2D eigenvalue weighted by Crippen LogP contribution is 2.02. The molecule has 7 heavy (non-hydrogen) atoms. The fourth-order valence-corrected chi connectivity index (χ4v) is 0.468. The summed E-state index contributed by atoms with van der Waals surface area (Å²) in [5, 5.41) is 0. The minimum atomic E-state index is 0.588. The average Bonchev–Trinajstić information content (AvgIpc) is 1.68. The molecule has 0 N–H and O–H groups in total. The molecule has 0 saturated carbocycles. The molecule has 1 unspecified atom stereocenters. The maximum Gasteiger partial charge on any atom is -0.0234 e. The predicted molar refractivity (Wildman–Crippen MR) is 34.0 cm³/mol. The SMILES string of the molecule is C=CC(C)[CH]CC. The van der Waals surface area contributed by atoms with Crippen LogP contribution in [0, 0.1) is 12.3 Å². The van der Waals surface area contributed by atoms with Crippen molar-refractivity contribution in [2.45, 2.75) is 20.3 Å². The van der Waals surface area contributed by atoms with Crippen molar-refractivity contribution in [1.82, 2.24) is 0 Å². The lowest BCUT2D eigenvalue weighted by Gasteiger charge is -1.97. The van der Waals surface area contributed by atoms with E-state index < -0.39 is 0 Å². The van der Waals surface area contributed by atoms with Crippen molar-refractivity contribution >= 4 is 0 Å². The Morgan fingerprint density at radius 1 is 1.71 bits per heavy atom. The van der Waals surface area contributed by atoms with Crippen LogP contribution in [0.25, 0.3) is 0 Å². The van der Waals surface area contributed by atoms with Gasteiger partial charge in [-0.2, -0.15) is 0 Å². The zero-order valence-corrected chi connectivity index (χ0v) is 5.15. The first-order valence-corrected chi connectivity index (χ1v) is 2.77. The first-order valence-electron chi connectivity index (χ1n) is 2.77. The second kappa shape index (κ2) is 3.91. The van der Waals surface area contributed by atoms with E-state index in [4.69, 9.17) is 0 Å². The van der Waals surface area contributed by atoms with Crippen LogP contribution in [0.1, 0.15) is 20.3 Å². The van der Waals surface area contributed by atoms with Crippen molar-refractivity contribution in [2.75, 3.05) is 0 Å². The van der Waals surface area contributed by atoms with Crippen LogP contribution in [-0.4, -0.2) is 0 Å². The van der Waals surface area contributed by atoms with E-state index in [2.05, 4.69) is 26.8 Å². The summed E-state index contributed by atoms with van der Waals surface area (Å²) in [7, 11) is 0. The Balaban J connectivity index is 2.98. The predicted octanol–water partition coefficient (Wildman–Crippen LogP) is 2.42. The van der Waals surface area contributed by atoms with Gasteiger partial charge in [0.1, 0.15) is 0 Å². The van der Waals surface area contributed by atoms with Crippen LogP contribution in [0.4, 0.5) is 0 Å². The highest BCUT2D eigenvalue weighted by Gasteiger charge is 1.89. The molecule has 0 aliphatic rings. The molecular formula is C7H13. The Hall–Kier alpha value is -0.260. The van der Waals surface area contributed by atoms with Gasteiger partial charge in [-0.05, 0) is 12.3 Å². The summed E-state index contributed by atoms with van der Waals surface area (Å²) in [4.78, 5) is 0. The van der Waals surface area contributed by atoms with E-state index in [-0.39, 0.29) is 0 Å². The third kappa shape index (κ3) is 3.57. The molecule has 41 valence electrons. The van der Waals surface area contributed by atoms with Crippen LogP contribution in [0.2, 0.25) is 0 Å². The molecule has 0 aromatic heterocycles. The van der Waals surface area contributed by atoms with E-state index in [1.165, 1.54) is 0 Å². The van der Waals surface area contributed by atoms with Gasteiger partial charge in [0, 0.05) is 0 Å². The quantitative estimate of drug-likeness (QED) is 0.474. The molecule has 0 spiro atoms. The average molecular weight is 97.2 g/mol. The standard InChI is InChI=1S/C7H13/c1-4-6-7(3)5-2/h5-7H,2,4H2,1,3H3. The number of rotatable bonds is 3. The summed E-state index contributed by atoms with van der Waals surface area (Å²) in [6.07, 6.45) is 5.32. The van der Waals surface area contributed by atoms with Crippen LogP contribution in [0.5, 0.6) is 0 Å². The van der Waals surface area contributed by atoms with E-state index in [0.29, 0.717) is 5.92 Å². The molecule has 1 atom stereocenters. The molecule has 0 aliphatic carbocycles. The molecule has 0 saturated heterocycles. The monoisotopic (exact) mass is 97.1 g/mol. The Morgan fingerprint density at radius 2 is 2.29 bits per heavy atom. The molecule has 0 bridgehead atoms.